The lowest BCUT2D eigenvalue weighted by Crippen LogP contribution is -2.16. The number of nitrogens with zero attached hydrogens (tertiary/aromatic N) is 3. The van der Waals surface area contributed by atoms with Crippen molar-refractivity contribution in [2.75, 3.05) is 32.6 Å². The molecule has 0 atom stereocenters. The molecule has 0 unspecified atom stereocenters. The lowest BCUT2D eigenvalue weighted by atomic mass is 10.1. The molecule has 4 rings (SSSR count). The quantitative estimate of drug-likeness (QED) is 0.276. The summed E-state index contributed by atoms with van der Waals surface area (Å²) in [5.41, 5.74) is 1.16. The zero-order valence-corrected chi connectivity index (χ0v) is 20.5. The van der Waals surface area contributed by atoms with Crippen LogP contribution in [0.2, 0.25) is 0 Å². The van der Waals surface area contributed by atoms with Crippen LogP contribution in [-0.4, -0.2) is 47.8 Å². The van der Waals surface area contributed by atoms with Crippen molar-refractivity contribution in [3.63, 3.8) is 0 Å². The van der Waals surface area contributed by atoms with Crippen molar-refractivity contribution < 1.29 is 22.7 Å². The molecule has 0 aliphatic carbocycles. The maximum atomic E-state index is 13.6. The first-order valence-corrected chi connectivity index (χ1v) is 11.7. The summed E-state index contributed by atoms with van der Waals surface area (Å²) in [6.07, 6.45) is -2.39. The number of aromatic nitrogens is 2. The van der Waals surface area contributed by atoms with E-state index < -0.39 is 17.6 Å². The number of alkyl halides is 3. The fourth-order valence-corrected chi connectivity index (χ4v) is 3.75. The molecular weight excluding hydrogens is 481 g/mol. The zero-order chi connectivity index (χ0) is 26.4. The van der Waals surface area contributed by atoms with Gasteiger partial charge in [0, 0.05) is 30.1 Å². The number of halogens is 3. The van der Waals surface area contributed by atoms with Crippen LogP contribution in [-0.2, 0) is 6.18 Å². The zero-order valence-electron chi connectivity index (χ0n) is 20.5. The number of hydrogen-bond acceptors (Lipinski definition) is 4. The molecule has 9 heteroatoms. The van der Waals surface area contributed by atoms with Crippen molar-refractivity contribution >= 4 is 11.6 Å². The van der Waals surface area contributed by atoms with Gasteiger partial charge in [-0.2, -0.15) is 18.3 Å². The molecule has 0 bridgehead atoms. The summed E-state index contributed by atoms with van der Waals surface area (Å²) in [7, 11) is 3.81. The molecule has 37 heavy (non-hydrogen) atoms. The molecule has 0 saturated heterocycles. The number of nitrogens with one attached hydrogen (secondary N) is 1. The van der Waals surface area contributed by atoms with E-state index in [9.17, 15) is 18.0 Å². The van der Waals surface area contributed by atoms with Gasteiger partial charge in [0.05, 0.1) is 23.4 Å². The van der Waals surface area contributed by atoms with Gasteiger partial charge in [-0.1, -0.05) is 48.5 Å². The van der Waals surface area contributed by atoms with E-state index in [1.54, 1.807) is 10.9 Å². The average molecular weight is 509 g/mol. The number of ether oxygens (including phenoxy) is 1. The number of benzene rings is 3. The smallest absolute Gasteiger partial charge is 0.416 e. The van der Waals surface area contributed by atoms with E-state index in [1.807, 2.05) is 79.7 Å². The number of carbonyl (C=O) groups is 1. The van der Waals surface area contributed by atoms with E-state index in [2.05, 4.69) is 10.4 Å². The van der Waals surface area contributed by atoms with Gasteiger partial charge in [0.15, 0.2) is 0 Å². The normalized spacial score (nSPS) is 11.5. The van der Waals surface area contributed by atoms with Gasteiger partial charge in [0.1, 0.15) is 11.4 Å². The van der Waals surface area contributed by atoms with Crippen LogP contribution in [0.25, 0.3) is 16.9 Å². The number of carbonyl (C=O) groups excluding carboxylic acids is 1. The van der Waals surface area contributed by atoms with Crippen molar-refractivity contribution in [2.24, 2.45) is 0 Å². The molecular formula is C28H27F3N4O2. The fourth-order valence-electron chi connectivity index (χ4n) is 3.75. The largest absolute Gasteiger partial charge is 0.493 e. The third-order valence-corrected chi connectivity index (χ3v) is 5.54. The monoisotopic (exact) mass is 508 g/mol. The molecule has 0 spiro atoms. The second kappa shape index (κ2) is 11.3. The van der Waals surface area contributed by atoms with Crippen LogP contribution in [0.3, 0.4) is 0 Å². The van der Waals surface area contributed by atoms with Gasteiger partial charge >= 0.3 is 6.18 Å². The molecule has 1 N–H and O–H groups in total. The van der Waals surface area contributed by atoms with E-state index in [-0.39, 0.29) is 23.6 Å². The van der Waals surface area contributed by atoms with Crippen LogP contribution < -0.4 is 10.1 Å². The number of anilines is 1. The van der Waals surface area contributed by atoms with E-state index in [1.165, 1.54) is 6.07 Å². The van der Waals surface area contributed by atoms with Gasteiger partial charge in [-0.15, -0.1) is 0 Å². The minimum absolute atomic E-state index is 0.0195. The molecule has 0 saturated carbocycles. The minimum atomic E-state index is -4.60. The van der Waals surface area contributed by atoms with Crippen molar-refractivity contribution in [1.29, 1.82) is 0 Å². The van der Waals surface area contributed by atoms with Crippen molar-refractivity contribution in [2.45, 2.75) is 12.6 Å². The van der Waals surface area contributed by atoms with Crippen molar-refractivity contribution in [3.8, 4) is 22.7 Å². The van der Waals surface area contributed by atoms with Gasteiger partial charge in [0.25, 0.3) is 5.91 Å². The number of amides is 1. The van der Waals surface area contributed by atoms with Crippen molar-refractivity contribution in [1.82, 2.24) is 14.7 Å². The van der Waals surface area contributed by atoms with E-state index in [0.29, 0.717) is 17.7 Å². The molecule has 1 heterocycles. The Morgan fingerprint density at radius 2 is 1.68 bits per heavy atom. The van der Waals surface area contributed by atoms with Crippen LogP contribution in [0.15, 0.2) is 85.1 Å². The van der Waals surface area contributed by atoms with E-state index in [4.69, 9.17) is 4.74 Å². The summed E-state index contributed by atoms with van der Waals surface area (Å²) < 4.78 is 47.9. The maximum Gasteiger partial charge on any atom is 0.416 e. The Kier molecular flexibility index (Phi) is 7.93. The van der Waals surface area contributed by atoms with Gasteiger partial charge in [0.2, 0.25) is 0 Å². The highest BCUT2D eigenvalue weighted by Crippen LogP contribution is 2.35. The summed E-state index contributed by atoms with van der Waals surface area (Å²) in [5.74, 6) is -0.550. The lowest BCUT2D eigenvalue weighted by Gasteiger charge is -2.15. The molecule has 4 aromatic rings. The fraction of sp³-hybridized carbons (Fsp3) is 0.214. The highest BCUT2D eigenvalue weighted by Gasteiger charge is 2.32. The first kappa shape index (κ1) is 26.0. The molecule has 0 aliphatic heterocycles. The standard InChI is InChI=1S/C28H27F3N4O2/c1-34(2)14-9-15-37-24-17-21(28(29,30)31)16-22(18-24)32-27(36)25-19-35(23-12-7-4-8-13-23)33-26(25)20-10-5-3-6-11-20/h3-8,10-13,16-19H,9,14-15H2,1-2H3,(H,32,36). The maximum absolute atomic E-state index is 13.6. The van der Waals surface area contributed by atoms with Gasteiger partial charge in [-0.3, -0.25) is 4.79 Å². The second-order valence-electron chi connectivity index (χ2n) is 8.74. The molecule has 1 aromatic heterocycles. The Balaban J connectivity index is 1.65. The predicted octanol–water partition coefficient (Wildman–Crippen LogP) is 6.14. The second-order valence-corrected chi connectivity index (χ2v) is 8.74. The highest BCUT2D eigenvalue weighted by molar-refractivity contribution is 6.08. The highest BCUT2D eigenvalue weighted by atomic mass is 19.4. The van der Waals surface area contributed by atoms with Crippen LogP contribution in [0.4, 0.5) is 18.9 Å². The molecule has 0 aliphatic rings. The van der Waals surface area contributed by atoms with E-state index >= 15 is 0 Å². The SMILES string of the molecule is CN(C)CCCOc1cc(NC(=O)c2cn(-c3ccccc3)nc2-c2ccccc2)cc(C(F)(F)F)c1. The van der Waals surface area contributed by atoms with Crippen LogP contribution in [0, 0.1) is 0 Å². The lowest BCUT2D eigenvalue weighted by molar-refractivity contribution is -0.137. The topological polar surface area (TPSA) is 59.4 Å². The molecule has 0 radical (unpaired) electrons. The Hall–Kier alpha value is -4.11. The summed E-state index contributed by atoms with van der Waals surface area (Å²) in [4.78, 5) is 15.3. The van der Waals surface area contributed by atoms with Gasteiger partial charge < -0.3 is 15.0 Å². The summed E-state index contributed by atoms with van der Waals surface area (Å²) in [6.45, 7) is 0.977. The third kappa shape index (κ3) is 6.77. The van der Waals surface area contributed by atoms with Gasteiger partial charge in [-0.25, -0.2) is 4.68 Å². The summed E-state index contributed by atoms with van der Waals surface area (Å²) >= 11 is 0. The van der Waals surface area contributed by atoms with Crippen molar-refractivity contribution in [3.05, 3.63) is 96.2 Å². The van der Waals surface area contributed by atoms with E-state index in [0.717, 1.165) is 24.4 Å². The first-order chi connectivity index (χ1) is 17.7. The summed E-state index contributed by atoms with van der Waals surface area (Å²) in [6, 6.07) is 21.6. The average Bonchev–Trinajstić information content (AvgIpc) is 3.33. The van der Waals surface area contributed by atoms with Gasteiger partial charge in [-0.05, 0) is 44.8 Å². The molecule has 6 nitrogen and oxygen atoms in total. The number of rotatable bonds is 9. The minimum Gasteiger partial charge on any atom is -0.493 e. The Bertz CT molecular complexity index is 1340. The molecule has 1 amide bonds. The van der Waals surface area contributed by atoms with Crippen LogP contribution in [0.1, 0.15) is 22.3 Å². The molecule has 3 aromatic carbocycles. The Morgan fingerprint density at radius 3 is 2.32 bits per heavy atom. The predicted molar refractivity (Wildman–Crippen MR) is 137 cm³/mol. The number of para-hydroxylation sites is 1. The Labute approximate surface area is 213 Å². The Morgan fingerprint density at radius 1 is 1.00 bits per heavy atom. The molecule has 192 valence electrons. The summed E-state index contributed by atoms with van der Waals surface area (Å²) in [5, 5.41) is 7.21. The number of hydrogen-bond donors (Lipinski definition) is 1. The third-order valence-electron chi connectivity index (χ3n) is 5.54. The molecule has 0 fully saturated rings. The first-order valence-electron chi connectivity index (χ1n) is 11.7. The van der Waals surface area contributed by atoms with Crippen LogP contribution >= 0.6 is 0 Å². The van der Waals surface area contributed by atoms with Crippen LogP contribution in [0.5, 0.6) is 5.75 Å².